The van der Waals surface area contributed by atoms with Crippen LogP contribution < -0.4 is 5.32 Å². The van der Waals surface area contributed by atoms with E-state index >= 15 is 0 Å². The monoisotopic (exact) mass is 214 g/mol. The number of hydrogen-bond donors (Lipinski definition) is 1. The third-order valence-electron chi connectivity index (χ3n) is 3.15. The van der Waals surface area contributed by atoms with E-state index in [2.05, 4.69) is 5.32 Å². The molecule has 0 saturated carbocycles. The van der Waals surface area contributed by atoms with Crippen LogP contribution in [0.4, 0.5) is 0 Å². The van der Waals surface area contributed by atoms with Crippen LogP contribution in [0, 0.1) is 0 Å². The number of ether oxygens (including phenoxy) is 1. The van der Waals surface area contributed by atoms with Crippen molar-refractivity contribution in [2.75, 3.05) is 27.2 Å². The molecule has 1 N–H and O–H groups in total. The minimum absolute atomic E-state index is 0.148. The highest BCUT2D eigenvalue weighted by atomic mass is 16.5. The molecule has 0 aromatic carbocycles. The second-order valence-corrected chi connectivity index (χ2v) is 4.02. The van der Waals surface area contributed by atoms with Crippen molar-refractivity contribution >= 4 is 5.91 Å². The van der Waals surface area contributed by atoms with E-state index in [1.165, 1.54) is 0 Å². The number of carbonyl (C=O) groups is 1. The maximum atomic E-state index is 11.9. The summed E-state index contributed by atoms with van der Waals surface area (Å²) in [7, 11) is 3.58. The van der Waals surface area contributed by atoms with Crippen molar-refractivity contribution in [2.45, 2.75) is 38.3 Å². The van der Waals surface area contributed by atoms with Gasteiger partial charge in [-0.2, -0.15) is 0 Å². The van der Waals surface area contributed by atoms with Crippen LogP contribution in [0.15, 0.2) is 0 Å². The molecular formula is C11H22N2O2. The second kappa shape index (κ2) is 6.08. The topological polar surface area (TPSA) is 41.6 Å². The normalized spacial score (nSPS) is 20.3. The number of carbonyl (C=O) groups excluding carboxylic acids is 1. The fourth-order valence-corrected chi connectivity index (χ4v) is 2.03. The molecule has 0 aromatic rings. The summed E-state index contributed by atoms with van der Waals surface area (Å²) >= 11 is 0. The Bertz CT molecular complexity index is 197. The Labute approximate surface area is 92.0 Å². The summed E-state index contributed by atoms with van der Waals surface area (Å²) in [6, 6.07) is 0.566. The van der Waals surface area contributed by atoms with Gasteiger partial charge in [0.05, 0.1) is 0 Å². The third kappa shape index (κ3) is 3.18. The molecule has 1 rings (SSSR count). The molecular weight excluding hydrogens is 192 g/mol. The number of piperidine rings is 1. The third-order valence-corrected chi connectivity index (χ3v) is 3.15. The minimum atomic E-state index is -0.254. The van der Waals surface area contributed by atoms with E-state index in [0.717, 1.165) is 32.4 Å². The smallest absolute Gasteiger partial charge is 0.251 e. The zero-order valence-corrected chi connectivity index (χ0v) is 9.95. The molecule has 88 valence electrons. The summed E-state index contributed by atoms with van der Waals surface area (Å²) in [5.74, 6) is 0.148. The van der Waals surface area contributed by atoms with Crippen LogP contribution in [-0.2, 0) is 9.53 Å². The van der Waals surface area contributed by atoms with Crippen molar-refractivity contribution in [2.24, 2.45) is 0 Å². The maximum absolute atomic E-state index is 11.9. The van der Waals surface area contributed by atoms with Crippen molar-refractivity contribution in [3.05, 3.63) is 0 Å². The molecule has 0 aromatic heterocycles. The molecule has 0 bridgehead atoms. The van der Waals surface area contributed by atoms with Crippen molar-refractivity contribution in [3.63, 3.8) is 0 Å². The van der Waals surface area contributed by atoms with Crippen molar-refractivity contribution in [1.29, 1.82) is 0 Å². The molecule has 1 heterocycles. The molecule has 1 unspecified atom stereocenters. The minimum Gasteiger partial charge on any atom is -0.372 e. The number of likely N-dealkylation sites (tertiary alicyclic amines) is 1. The molecule has 1 atom stereocenters. The van der Waals surface area contributed by atoms with E-state index < -0.39 is 0 Å². The lowest BCUT2D eigenvalue weighted by molar-refractivity contribution is -0.143. The summed E-state index contributed by atoms with van der Waals surface area (Å²) in [6.07, 6.45) is 2.59. The highest BCUT2D eigenvalue weighted by Crippen LogP contribution is 2.12. The first kappa shape index (κ1) is 12.5. The van der Waals surface area contributed by atoms with Gasteiger partial charge in [0.1, 0.15) is 6.10 Å². The molecule has 15 heavy (non-hydrogen) atoms. The van der Waals surface area contributed by atoms with Gasteiger partial charge in [-0.3, -0.25) is 4.79 Å². The molecule has 1 aliphatic rings. The zero-order chi connectivity index (χ0) is 11.3. The lowest BCUT2D eigenvalue weighted by Gasteiger charge is -2.33. The van der Waals surface area contributed by atoms with Crippen LogP contribution in [0.2, 0.25) is 0 Å². The molecule has 1 aliphatic heterocycles. The van der Waals surface area contributed by atoms with Gasteiger partial charge < -0.3 is 15.0 Å². The molecule has 4 nitrogen and oxygen atoms in total. The fraction of sp³-hybridized carbons (Fsp3) is 0.909. The van der Waals surface area contributed by atoms with Gasteiger partial charge >= 0.3 is 0 Å². The molecule has 0 radical (unpaired) electrons. The van der Waals surface area contributed by atoms with Crippen LogP contribution in [0.25, 0.3) is 0 Å². The molecule has 0 aliphatic carbocycles. The Hall–Kier alpha value is -0.610. The Kier molecular flexibility index (Phi) is 5.05. The zero-order valence-electron chi connectivity index (χ0n) is 9.95. The summed E-state index contributed by atoms with van der Waals surface area (Å²) < 4.78 is 5.16. The maximum Gasteiger partial charge on any atom is 0.251 e. The summed E-state index contributed by atoms with van der Waals surface area (Å²) in [4.78, 5) is 13.9. The summed E-state index contributed by atoms with van der Waals surface area (Å²) in [6.45, 7) is 3.68. The molecule has 4 heteroatoms. The van der Waals surface area contributed by atoms with E-state index in [4.69, 9.17) is 4.74 Å². The second-order valence-electron chi connectivity index (χ2n) is 4.02. The number of methoxy groups -OCH3 is 1. The largest absolute Gasteiger partial charge is 0.372 e. The average Bonchev–Trinajstić information content (AvgIpc) is 2.30. The van der Waals surface area contributed by atoms with E-state index in [1.54, 1.807) is 7.11 Å². The van der Waals surface area contributed by atoms with Crippen LogP contribution in [0.1, 0.15) is 26.2 Å². The van der Waals surface area contributed by atoms with Crippen molar-refractivity contribution in [3.8, 4) is 0 Å². The lowest BCUT2D eigenvalue weighted by Crippen LogP contribution is -2.47. The number of rotatable bonds is 4. The standard InChI is InChI=1S/C11H22N2O2/c1-4-10(15-3)11(14)13-7-5-9(12-2)6-8-13/h9-10,12H,4-8H2,1-3H3. The van der Waals surface area contributed by atoms with E-state index in [0.29, 0.717) is 6.04 Å². The van der Waals surface area contributed by atoms with Gasteiger partial charge in [-0.05, 0) is 26.3 Å². The van der Waals surface area contributed by atoms with Gasteiger partial charge in [-0.25, -0.2) is 0 Å². The molecule has 1 amide bonds. The molecule has 1 saturated heterocycles. The van der Waals surface area contributed by atoms with E-state index in [-0.39, 0.29) is 12.0 Å². The lowest BCUT2D eigenvalue weighted by atomic mass is 10.0. The van der Waals surface area contributed by atoms with Gasteiger partial charge in [-0.1, -0.05) is 6.92 Å². The first-order valence-corrected chi connectivity index (χ1v) is 5.71. The van der Waals surface area contributed by atoms with Gasteiger partial charge in [0, 0.05) is 26.2 Å². The SMILES string of the molecule is CCC(OC)C(=O)N1CCC(NC)CC1. The van der Waals surface area contributed by atoms with Crippen LogP contribution in [0.5, 0.6) is 0 Å². The fourth-order valence-electron chi connectivity index (χ4n) is 2.03. The van der Waals surface area contributed by atoms with Crippen LogP contribution >= 0.6 is 0 Å². The van der Waals surface area contributed by atoms with Gasteiger partial charge in [-0.15, -0.1) is 0 Å². The Morgan fingerprint density at radius 2 is 2.13 bits per heavy atom. The van der Waals surface area contributed by atoms with Crippen molar-refractivity contribution < 1.29 is 9.53 Å². The average molecular weight is 214 g/mol. The van der Waals surface area contributed by atoms with E-state index in [1.807, 2.05) is 18.9 Å². The van der Waals surface area contributed by atoms with Crippen LogP contribution in [0.3, 0.4) is 0 Å². The Morgan fingerprint density at radius 3 is 2.53 bits per heavy atom. The Morgan fingerprint density at radius 1 is 1.53 bits per heavy atom. The first-order valence-electron chi connectivity index (χ1n) is 5.71. The van der Waals surface area contributed by atoms with Gasteiger partial charge in [0.15, 0.2) is 0 Å². The highest BCUT2D eigenvalue weighted by Gasteiger charge is 2.26. The number of nitrogens with one attached hydrogen (secondary N) is 1. The number of nitrogens with zero attached hydrogens (tertiary/aromatic N) is 1. The summed E-state index contributed by atoms with van der Waals surface area (Å²) in [5.41, 5.74) is 0. The first-order chi connectivity index (χ1) is 7.22. The Balaban J connectivity index is 2.42. The molecule has 0 spiro atoms. The number of hydrogen-bond acceptors (Lipinski definition) is 3. The van der Waals surface area contributed by atoms with E-state index in [9.17, 15) is 4.79 Å². The highest BCUT2D eigenvalue weighted by molar-refractivity contribution is 5.80. The predicted molar refractivity (Wildman–Crippen MR) is 59.7 cm³/mol. The summed E-state index contributed by atoms with van der Waals surface area (Å²) in [5, 5.41) is 3.25. The van der Waals surface area contributed by atoms with Gasteiger partial charge in [0.2, 0.25) is 0 Å². The molecule has 1 fully saturated rings. The number of amides is 1. The van der Waals surface area contributed by atoms with Gasteiger partial charge in [0.25, 0.3) is 5.91 Å². The quantitative estimate of drug-likeness (QED) is 0.746. The van der Waals surface area contributed by atoms with Crippen molar-refractivity contribution in [1.82, 2.24) is 10.2 Å². The van der Waals surface area contributed by atoms with Crippen LogP contribution in [-0.4, -0.2) is 50.2 Å². The predicted octanol–water partition coefficient (Wildman–Crippen LogP) is 0.622.